The molecular formula is C25H16ClNO5. The van der Waals surface area contributed by atoms with Gasteiger partial charge in [-0.3, -0.25) is 9.59 Å². The first-order valence-corrected chi connectivity index (χ1v) is 10.1. The first-order valence-electron chi connectivity index (χ1n) is 9.73. The summed E-state index contributed by atoms with van der Waals surface area (Å²) in [6, 6.07) is 20.4. The van der Waals surface area contributed by atoms with Crippen molar-refractivity contribution in [2.45, 2.75) is 0 Å². The number of para-hydroxylation sites is 1. The van der Waals surface area contributed by atoms with Gasteiger partial charge in [-0.15, -0.1) is 0 Å². The number of hydrogen-bond donors (Lipinski definition) is 1. The van der Waals surface area contributed by atoms with E-state index in [4.69, 9.17) is 25.2 Å². The van der Waals surface area contributed by atoms with E-state index in [-0.39, 0.29) is 11.2 Å². The van der Waals surface area contributed by atoms with Gasteiger partial charge in [0, 0.05) is 27.7 Å². The van der Waals surface area contributed by atoms with Crippen molar-refractivity contribution in [3.8, 4) is 17.1 Å². The molecule has 7 heteroatoms. The van der Waals surface area contributed by atoms with Crippen LogP contribution >= 0.6 is 11.6 Å². The predicted molar refractivity (Wildman–Crippen MR) is 124 cm³/mol. The SMILES string of the molecule is COc1cccc2cc(C(=O)Nc3ccc4oc(-c5ccc(Cl)cc5)cc(=O)c4c3)oc12. The summed E-state index contributed by atoms with van der Waals surface area (Å²) in [5.41, 5.74) is 1.87. The Morgan fingerprint density at radius 1 is 0.969 bits per heavy atom. The summed E-state index contributed by atoms with van der Waals surface area (Å²) in [4.78, 5) is 25.4. The minimum Gasteiger partial charge on any atom is -0.493 e. The van der Waals surface area contributed by atoms with E-state index in [0.29, 0.717) is 38.8 Å². The Kier molecular flexibility index (Phi) is 4.92. The van der Waals surface area contributed by atoms with Gasteiger partial charge in [-0.05, 0) is 54.6 Å². The smallest absolute Gasteiger partial charge is 0.291 e. The maximum absolute atomic E-state index is 12.7. The molecule has 0 saturated heterocycles. The maximum atomic E-state index is 12.7. The summed E-state index contributed by atoms with van der Waals surface area (Å²) >= 11 is 5.93. The largest absolute Gasteiger partial charge is 0.493 e. The molecule has 0 aliphatic heterocycles. The van der Waals surface area contributed by atoms with Crippen molar-refractivity contribution in [2.24, 2.45) is 0 Å². The van der Waals surface area contributed by atoms with Gasteiger partial charge in [0.2, 0.25) is 0 Å². The van der Waals surface area contributed by atoms with E-state index < -0.39 is 5.91 Å². The maximum Gasteiger partial charge on any atom is 0.291 e. The molecule has 0 saturated carbocycles. The zero-order chi connectivity index (χ0) is 22.2. The average molecular weight is 446 g/mol. The highest BCUT2D eigenvalue weighted by Crippen LogP contribution is 2.29. The lowest BCUT2D eigenvalue weighted by atomic mass is 10.1. The number of carbonyl (C=O) groups excluding carboxylic acids is 1. The van der Waals surface area contributed by atoms with Gasteiger partial charge in [0.1, 0.15) is 11.3 Å². The number of hydrogen-bond acceptors (Lipinski definition) is 5. The molecule has 0 radical (unpaired) electrons. The molecule has 0 aliphatic rings. The van der Waals surface area contributed by atoms with Gasteiger partial charge in [-0.1, -0.05) is 23.7 Å². The lowest BCUT2D eigenvalue weighted by Gasteiger charge is -2.06. The van der Waals surface area contributed by atoms with Gasteiger partial charge in [0.25, 0.3) is 5.91 Å². The van der Waals surface area contributed by atoms with Crippen LogP contribution in [0.5, 0.6) is 5.75 Å². The van der Waals surface area contributed by atoms with Crippen LogP contribution in [0.25, 0.3) is 33.3 Å². The number of furan rings is 1. The zero-order valence-corrected chi connectivity index (χ0v) is 17.6. The van der Waals surface area contributed by atoms with Crippen LogP contribution in [0.3, 0.4) is 0 Å². The van der Waals surface area contributed by atoms with Crippen LogP contribution < -0.4 is 15.5 Å². The number of benzene rings is 3. The number of fused-ring (bicyclic) bond motifs is 2. The quantitative estimate of drug-likeness (QED) is 0.360. The molecule has 158 valence electrons. The highest BCUT2D eigenvalue weighted by Gasteiger charge is 2.16. The van der Waals surface area contributed by atoms with Gasteiger partial charge in [0.05, 0.1) is 12.5 Å². The molecule has 3 aromatic carbocycles. The average Bonchev–Trinajstić information content (AvgIpc) is 3.24. The van der Waals surface area contributed by atoms with Gasteiger partial charge in [0.15, 0.2) is 22.5 Å². The summed E-state index contributed by atoms with van der Waals surface area (Å²) in [6.45, 7) is 0. The van der Waals surface area contributed by atoms with Crippen LogP contribution in [0, 0.1) is 0 Å². The molecule has 0 unspecified atom stereocenters. The summed E-state index contributed by atoms with van der Waals surface area (Å²) in [6.07, 6.45) is 0. The third kappa shape index (κ3) is 3.61. The summed E-state index contributed by atoms with van der Waals surface area (Å²) < 4.78 is 16.8. The van der Waals surface area contributed by atoms with Gasteiger partial charge in [-0.2, -0.15) is 0 Å². The molecule has 0 spiro atoms. The second-order valence-electron chi connectivity index (χ2n) is 7.14. The third-order valence-electron chi connectivity index (χ3n) is 5.07. The fraction of sp³-hybridized carbons (Fsp3) is 0.0400. The van der Waals surface area contributed by atoms with Crippen LogP contribution in [0.1, 0.15) is 10.6 Å². The minimum atomic E-state index is -0.440. The fourth-order valence-electron chi connectivity index (χ4n) is 3.49. The number of carbonyl (C=O) groups is 1. The van der Waals surface area contributed by atoms with Crippen molar-refractivity contribution in [1.82, 2.24) is 0 Å². The van der Waals surface area contributed by atoms with E-state index in [1.807, 2.05) is 12.1 Å². The Morgan fingerprint density at radius 3 is 2.56 bits per heavy atom. The number of ether oxygens (including phenoxy) is 1. The van der Waals surface area contributed by atoms with Crippen LogP contribution in [-0.2, 0) is 0 Å². The topological polar surface area (TPSA) is 81.7 Å². The first-order chi connectivity index (χ1) is 15.5. The molecule has 5 aromatic rings. The van der Waals surface area contributed by atoms with E-state index in [0.717, 1.165) is 10.9 Å². The van der Waals surface area contributed by atoms with E-state index in [9.17, 15) is 9.59 Å². The van der Waals surface area contributed by atoms with E-state index in [1.165, 1.54) is 13.2 Å². The molecule has 6 nitrogen and oxygen atoms in total. The Balaban J connectivity index is 1.45. The Bertz CT molecular complexity index is 1530. The second kappa shape index (κ2) is 7.90. The summed E-state index contributed by atoms with van der Waals surface area (Å²) in [5.74, 6) is 0.674. The number of amides is 1. The van der Waals surface area contributed by atoms with Crippen molar-refractivity contribution in [1.29, 1.82) is 0 Å². The number of rotatable bonds is 4. The van der Waals surface area contributed by atoms with Gasteiger partial charge >= 0.3 is 0 Å². The molecule has 2 heterocycles. The number of halogens is 1. The third-order valence-corrected chi connectivity index (χ3v) is 5.32. The number of anilines is 1. The normalized spacial score (nSPS) is 11.1. The zero-order valence-electron chi connectivity index (χ0n) is 16.8. The molecule has 0 bridgehead atoms. The van der Waals surface area contributed by atoms with Crippen LogP contribution in [0.15, 0.2) is 86.4 Å². The van der Waals surface area contributed by atoms with Crippen molar-refractivity contribution in [2.75, 3.05) is 12.4 Å². The highest BCUT2D eigenvalue weighted by molar-refractivity contribution is 6.30. The highest BCUT2D eigenvalue weighted by atomic mass is 35.5. The molecule has 32 heavy (non-hydrogen) atoms. The predicted octanol–water partition coefficient (Wildman–Crippen LogP) is 6.12. The monoisotopic (exact) mass is 445 g/mol. The summed E-state index contributed by atoms with van der Waals surface area (Å²) in [5, 5.41) is 4.46. The Morgan fingerprint density at radius 2 is 1.78 bits per heavy atom. The Hall–Kier alpha value is -4.03. The van der Waals surface area contributed by atoms with Crippen molar-refractivity contribution < 1.29 is 18.4 Å². The molecule has 2 aromatic heterocycles. The molecule has 0 atom stereocenters. The Labute approximate surface area is 187 Å². The van der Waals surface area contributed by atoms with Crippen molar-refractivity contribution >= 4 is 45.1 Å². The lowest BCUT2D eigenvalue weighted by Crippen LogP contribution is -2.11. The number of methoxy groups -OCH3 is 1. The first kappa shape index (κ1) is 19.9. The van der Waals surface area contributed by atoms with E-state index in [1.54, 1.807) is 54.6 Å². The number of nitrogens with one attached hydrogen (secondary N) is 1. The van der Waals surface area contributed by atoms with Crippen LogP contribution in [0.2, 0.25) is 5.02 Å². The molecular weight excluding hydrogens is 430 g/mol. The molecule has 1 N–H and O–H groups in total. The molecule has 0 aliphatic carbocycles. The van der Waals surface area contributed by atoms with E-state index >= 15 is 0 Å². The minimum absolute atomic E-state index is 0.134. The fourth-order valence-corrected chi connectivity index (χ4v) is 3.62. The summed E-state index contributed by atoms with van der Waals surface area (Å²) in [7, 11) is 1.54. The van der Waals surface area contributed by atoms with Crippen molar-refractivity contribution in [3.63, 3.8) is 0 Å². The molecule has 1 amide bonds. The standard InChI is InChI=1S/C25H16ClNO5/c1-30-21-4-2-3-15-11-23(32-24(15)21)25(29)27-17-9-10-20-18(12-17)19(28)13-22(31-20)14-5-7-16(26)8-6-14/h2-13H,1H3,(H,27,29). The van der Waals surface area contributed by atoms with Crippen molar-refractivity contribution in [3.05, 3.63) is 93.8 Å². The molecule has 5 rings (SSSR count). The van der Waals surface area contributed by atoms with E-state index in [2.05, 4.69) is 5.32 Å². The molecule has 0 fully saturated rings. The van der Waals surface area contributed by atoms with Gasteiger partial charge in [-0.25, -0.2) is 0 Å². The van der Waals surface area contributed by atoms with Crippen LogP contribution in [0.4, 0.5) is 5.69 Å². The second-order valence-corrected chi connectivity index (χ2v) is 7.57. The van der Waals surface area contributed by atoms with Gasteiger partial charge < -0.3 is 18.9 Å². The lowest BCUT2D eigenvalue weighted by molar-refractivity contribution is 0.0998. The van der Waals surface area contributed by atoms with Crippen LogP contribution in [-0.4, -0.2) is 13.0 Å².